The van der Waals surface area contributed by atoms with Crippen LogP contribution in [0.2, 0.25) is 0 Å². The lowest BCUT2D eigenvalue weighted by Gasteiger charge is -2.26. The van der Waals surface area contributed by atoms with Crippen LogP contribution in [0.3, 0.4) is 0 Å². The molecule has 24 heavy (non-hydrogen) atoms. The van der Waals surface area contributed by atoms with E-state index in [0.717, 1.165) is 23.5 Å². The molecule has 2 aromatic carbocycles. The van der Waals surface area contributed by atoms with Gasteiger partial charge in [0.2, 0.25) is 0 Å². The molecule has 1 aliphatic rings. The molecule has 0 saturated heterocycles. The second kappa shape index (κ2) is 7.46. The van der Waals surface area contributed by atoms with Crippen LogP contribution in [0.5, 0.6) is 0 Å². The molecule has 0 aromatic heterocycles. The van der Waals surface area contributed by atoms with Crippen LogP contribution < -0.4 is 0 Å². The van der Waals surface area contributed by atoms with E-state index in [-0.39, 0.29) is 0 Å². The van der Waals surface area contributed by atoms with Crippen LogP contribution in [-0.4, -0.2) is 0 Å². The molecule has 0 spiro atoms. The van der Waals surface area contributed by atoms with E-state index in [4.69, 9.17) is 0 Å². The summed E-state index contributed by atoms with van der Waals surface area (Å²) in [5.74, 6) is 0.107. The number of rotatable bonds is 4. The van der Waals surface area contributed by atoms with Gasteiger partial charge in [-0.05, 0) is 42.7 Å². The van der Waals surface area contributed by atoms with Gasteiger partial charge in [-0.15, -0.1) is 0 Å². The molecule has 0 bridgehead atoms. The molecule has 128 valence electrons. The fraction of sp³-hybridized carbons (Fsp3) is 0.455. The highest BCUT2D eigenvalue weighted by Gasteiger charge is 2.20. The van der Waals surface area contributed by atoms with Gasteiger partial charge in [-0.2, -0.15) is 0 Å². The zero-order valence-electron chi connectivity index (χ0n) is 14.6. The maximum Gasteiger partial charge on any atom is 0.166 e. The summed E-state index contributed by atoms with van der Waals surface area (Å²) >= 11 is 0. The van der Waals surface area contributed by atoms with Crippen molar-refractivity contribution in [1.29, 1.82) is 0 Å². The molecule has 2 aromatic rings. The fourth-order valence-electron chi connectivity index (χ4n) is 3.72. The first-order chi connectivity index (χ1) is 11.5. The van der Waals surface area contributed by atoms with E-state index < -0.39 is 11.6 Å². The van der Waals surface area contributed by atoms with Crippen LogP contribution in [0.15, 0.2) is 36.4 Å². The van der Waals surface area contributed by atoms with Gasteiger partial charge in [-0.1, -0.05) is 74.6 Å². The molecular weight excluding hydrogens is 302 g/mol. The highest BCUT2D eigenvalue weighted by Crippen LogP contribution is 2.32. The van der Waals surface area contributed by atoms with Gasteiger partial charge >= 0.3 is 0 Å². The zero-order valence-corrected chi connectivity index (χ0v) is 14.6. The first-order valence-electron chi connectivity index (χ1n) is 9.08. The van der Waals surface area contributed by atoms with Crippen LogP contribution >= 0.6 is 0 Å². The largest absolute Gasteiger partial charge is 0.203 e. The zero-order chi connectivity index (χ0) is 17.1. The molecule has 0 heterocycles. The Bertz CT molecular complexity index is 680. The van der Waals surface area contributed by atoms with Gasteiger partial charge in [-0.3, -0.25) is 0 Å². The van der Waals surface area contributed by atoms with Crippen molar-refractivity contribution in [3.05, 3.63) is 59.2 Å². The Morgan fingerprint density at radius 2 is 1.54 bits per heavy atom. The summed E-state index contributed by atoms with van der Waals surface area (Å²) in [4.78, 5) is 0. The van der Waals surface area contributed by atoms with E-state index in [1.54, 1.807) is 12.1 Å². The highest BCUT2D eigenvalue weighted by atomic mass is 19.2. The number of aryl methyl sites for hydroxylation is 2. The van der Waals surface area contributed by atoms with Crippen molar-refractivity contribution in [3.63, 3.8) is 0 Å². The van der Waals surface area contributed by atoms with Crippen molar-refractivity contribution in [1.82, 2.24) is 0 Å². The summed E-state index contributed by atoms with van der Waals surface area (Å²) in [6, 6.07) is 11.0. The van der Waals surface area contributed by atoms with Gasteiger partial charge in [-0.25, -0.2) is 8.78 Å². The van der Waals surface area contributed by atoms with E-state index in [1.165, 1.54) is 25.7 Å². The van der Waals surface area contributed by atoms with Crippen molar-refractivity contribution in [2.45, 2.75) is 52.4 Å². The third-order valence-corrected chi connectivity index (χ3v) is 5.48. The Morgan fingerprint density at radius 3 is 2.21 bits per heavy atom. The fourth-order valence-corrected chi connectivity index (χ4v) is 3.72. The SMILES string of the molecule is Cc1ccc(-c2ccc(CCC3CCC(C)CC3)c(F)c2F)cc1. The summed E-state index contributed by atoms with van der Waals surface area (Å²) < 4.78 is 29.0. The Kier molecular flexibility index (Phi) is 5.33. The van der Waals surface area contributed by atoms with Crippen molar-refractivity contribution < 1.29 is 8.78 Å². The number of benzene rings is 2. The van der Waals surface area contributed by atoms with Crippen LogP contribution in [0.1, 0.15) is 50.2 Å². The third kappa shape index (κ3) is 3.85. The van der Waals surface area contributed by atoms with Crippen LogP contribution in [0.4, 0.5) is 8.78 Å². The molecule has 2 heteroatoms. The molecule has 0 radical (unpaired) electrons. The van der Waals surface area contributed by atoms with Gasteiger partial charge in [0.1, 0.15) is 0 Å². The Hall–Kier alpha value is -1.70. The van der Waals surface area contributed by atoms with Crippen molar-refractivity contribution in [3.8, 4) is 11.1 Å². The lowest BCUT2D eigenvalue weighted by molar-refractivity contribution is 0.277. The van der Waals surface area contributed by atoms with E-state index in [1.807, 2.05) is 31.2 Å². The number of halogens is 2. The molecule has 0 nitrogen and oxygen atoms in total. The average Bonchev–Trinajstić information content (AvgIpc) is 2.59. The molecule has 1 aliphatic carbocycles. The van der Waals surface area contributed by atoms with Gasteiger partial charge in [0, 0.05) is 5.56 Å². The average molecular weight is 328 g/mol. The lowest BCUT2D eigenvalue weighted by Crippen LogP contribution is -2.13. The maximum absolute atomic E-state index is 14.5. The van der Waals surface area contributed by atoms with Crippen LogP contribution in [-0.2, 0) is 6.42 Å². The first kappa shape index (κ1) is 17.1. The van der Waals surface area contributed by atoms with E-state index >= 15 is 0 Å². The molecule has 0 N–H and O–H groups in total. The normalized spacial score (nSPS) is 21.0. The second-order valence-corrected chi connectivity index (χ2v) is 7.43. The van der Waals surface area contributed by atoms with Gasteiger partial charge in [0.25, 0.3) is 0 Å². The molecule has 1 saturated carbocycles. The maximum atomic E-state index is 14.5. The minimum absolute atomic E-state index is 0.350. The van der Waals surface area contributed by atoms with E-state index in [2.05, 4.69) is 6.92 Å². The predicted octanol–water partition coefficient (Wildman–Crippen LogP) is 6.70. The van der Waals surface area contributed by atoms with Crippen LogP contribution in [0.25, 0.3) is 11.1 Å². The highest BCUT2D eigenvalue weighted by molar-refractivity contribution is 5.65. The van der Waals surface area contributed by atoms with E-state index in [0.29, 0.717) is 23.5 Å². The quantitative estimate of drug-likeness (QED) is 0.586. The van der Waals surface area contributed by atoms with Crippen molar-refractivity contribution in [2.24, 2.45) is 11.8 Å². The summed E-state index contributed by atoms with van der Waals surface area (Å²) in [5.41, 5.74) is 2.70. The standard InChI is InChI=1S/C22H26F2/c1-15-3-7-17(8-4-15)9-12-19-13-14-20(22(24)21(19)23)18-10-5-16(2)6-11-18/h5-6,10-11,13-15,17H,3-4,7-9,12H2,1-2H3. The van der Waals surface area contributed by atoms with Gasteiger partial charge in [0.05, 0.1) is 0 Å². The molecule has 0 atom stereocenters. The number of hydrogen-bond acceptors (Lipinski definition) is 0. The van der Waals surface area contributed by atoms with Crippen molar-refractivity contribution >= 4 is 0 Å². The minimum Gasteiger partial charge on any atom is -0.203 e. The second-order valence-electron chi connectivity index (χ2n) is 7.43. The smallest absolute Gasteiger partial charge is 0.166 e. The Morgan fingerprint density at radius 1 is 0.875 bits per heavy atom. The predicted molar refractivity (Wildman–Crippen MR) is 96.0 cm³/mol. The molecule has 0 aliphatic heterocycles. The summed E-state index contributed by atoms with van der Waals surface area (Å²) in [6.07, 6.45) is 6.60. The Labute approximate surface area is 143 Å². The summed E-state index contributed by atoms with van der Waals surface area (Å²) in [5, 5.41) is 0. The summed E-state index contributed by atoms with van der Waals surface area (Å²) in [7, 11) is 0. The molecule has 1 fully saturated rings. The molecule has 0 unspecified atom stereocenters. The third-order valence-electron chi connectivity index (χ3n) is 5.48. The van der Waals surface area contributed by atoms with Gasteiger partial charge < -0.3 is 0 Å². The lowest BCUT2D eigenvalue weighted by atomic mass is 9.80. The first-order valence-corrected chi connectivity index (χ1v) is 9.08. The summed E-state index contributed by atoms with van der Waals surface area (Å²) in [6.45, 7) is 4.28. The Balaban J connectivity index is 1.71. The molecular formula is C22H26F2. The molecule has 3 rings (SSSR count). The van der Waals surface area contributed by atoms with E-state index in [9.17, 15) is 8.78 Å². The monoisotopic (exact) mass is 328 g/mol. The molecule has 0 amide bonds. The minimum atomic E-state index is -0.714. The van der Waals surface area contributed by atoms with Crippen molar-refractivity contribution in [2.75, 3.05) is 0 Å². The van der Waals surface area contributed by atoms with Gasteiger partial charge in [0.15, 0.2) is 11.6 Å². The van der Waals surface area contributed by atoms with Crippen LogP contribution in [0, 0.1) is 30.4 Å². The topological polar surface area (TPSA) is 0 Å². The number of hydrogen-bond donors (Lipinski definition) is 0.